The molecule has 0 saturated heterocycles. The molecule has 0 aliphatic heterocycles. The Bertz CT molecular complexity index is 309. The van der Waals surface area contributed by atoms with Crippen molar-refractivity contribution in [3.63, 3.8) is 0 Å². The van der Waals surface area contributed by atoms with Crippen LogP contribution < -0.4 is 10.1 Å². The maximum atomic E-state index is 5.72. The van der Waals surface area contributed by atoms with Gasteiger partial charge in [-0.05, 0) is 44.0 Å². The van der Waals surface area contributed by atoms with Crippen molar-refractivity contribution in [2.75, 3.05) is 13.7 Å². The van der Waals surface area contributed by atoms with Crippen molar-refractivity contribution in [2.45, 2.75) is 33.2 Å². The van der Waals surface area contributed by atoms with Crippen LogP contribution in [0.5, 0.6) is 5.75 Å². The van der Waals surface area contributed by atoms with Gasteiger partial charge in [-0.3, -0.25) is 0 Å². The van der Waals surface area contributed by atoms with Crippen LogP contribution in [-0.2, 0) is 0 Å². The van der Waals surface area contributed by atoms with Gasteiger partial charge in [0.05, 0.1) is 6.61 Å². The first-order chi connectivity index (χ1) is 7.63. The molecule has 0 amide bonds. The molecule has 0 saturated carbocycles. The van der Waals surface area contributed by atoms with E-state index in [2.05, 4.69) is 38.2 Å². The number of hydrogen-bond donors (Lipinski definition) is 1. The SMILES string of the molecule is CNC(C)c1cccc(OCCC(C)C)c1. The molecule has 1 unspecified atom stereocenters. The minimum absolute atomic E-state index is 0.369. The Kier molecular flexibility index (Phi) is 5.33. The molecule has 2 heteroatoms. The van der Waals surface area contributed by atoms with E-state index in [1.807, 2.05) is 19.2 Å². The molecule has 0 aliphatic rings. The quantitative estimate of drug-likeness (QED) is 0.795. The third kappa shape index (κ3) is 4.23. The van der Waals surface area contributed by atoms with Crippen molar-refractivity contribution in [1.82, 2.24) is 5.32 Å². The van der Waals surface area contributed by atoms with E-state index in [4.69, 9.17) is 4.74 Å². The van der Waals surface area contributed by atoms with E-state index in [1.54, 1.807) is 0 Å². The van der Waals surface area contributed by atoms with Crippen LogP contribution in [0, 0.1) is 5.92 Å². The Morgan fingerprint density at radius 3 is 2.62 bits per heavy atom. The molecule has 0 aliphatic carbocycles. The van der Waals surface area contributed by atoms with Crippen molar-refractivity contribution < 1.29 is 4.74 Å². The second kappa shape index (κ2) is 6.54. The molecule has 1 aromatic carbocycles. The lowest BCUT2D eigenvalue weighted by Gasteiger charge is -2.13. The average Bonchev–Trinajstić information content (AvgIpc) is 2.28. The molecular weight excluding hydrogens is 198 g/mol. The van der Waals surface area contributed by atoms with E-state index >= 15 is 0 Å². The molecular formula is C14H23NO. The van der Waals surface area contributed by atoms with Crippen molar-refractivity contribution >= 4 is 0 Å². The summed E-state index contributed by atoms with van der Waals surface area (Å²) in [4.78, 5) is 0. The number of ether oxygens (including phenoxy) is 1. The van der Waals surface area contributed by atoms with Crippen LogP contribution in [-0.4, -0.2) is 13.7 Å². The molecule has 0 radical (unpaired) electrons. The molecule has 0 bridgehead atoms. The minimum atomic E-state index is 0.369. The lowest BCUT2D eigenvalue weighted by molar-refractivity contribution is 0.289. The molecule has 2 nitrogen and oxygen atoms in total. The van der Waals surface area contributed by atoms with Crippen LogP contribution in [0.1, 0.15) is 38.8 Å². The largest absolute Gasteiger partial charge is 0.494 e. The predicted molar refractivity (Wildman–Crippen MR) is 68.9 cm³/mol. The smallest absolute Gasteiger partial charge is 0.119 e. The fourth-order valence-electron chi connectivity index (χ4n) is 1.45. The molecule has 16 heavy (non-hydrogen) atoms. The third-order valence-electron chi connectivity index (χ3n) is 2.76. The zero-order chi connectivity index (χ0) is 12.0. The van der Waals surface area contributed by atoms with E-state index in [-0.39, 0.29) is 0 Å². The van der Waals surface area contributed by atoms with Gasteiger partial charge in [-0.25, -0.2) is 0 Å². The molecule has 1 aromatic rings. The van der Waals surface area contributed by atoms with Gasteiger partial charge in [0.2, 0.25) is 0 Å². The molecule has 1 atom stereocenters. The van der Waals surface area contributed by atoms with Crippen molar-refractivity contribution in [3.05, 3.63) is 29.8 Å². The Hall–Kier alpha value is -1.02. The lowest BCUT2D eigenvalue weighted by atomic mass is 10.1. The van der Waals surface area contributed by atoms with Crippen LogP contribution in [0.3, 0.4) is 0 Å². The molecule has 0 heterocycles. The summed E-state index contributed by atoms with van der Waals surface area (Å²) in [5.74, 6) is 1.67. The highest BCUT2D eigenvalue weighted by atomic mass is 16.5. The Labute approximate surface area is 99.0 Å². The number of rotatable bonds is 6. The zero-order valence-electron chi connectivity index (χ0n) is 10.8. The standard InChI is InChI=1S/C14H23NO/c1-11(2)8-9-16-14-7-5-6-13(10-14)12(3)15-4/h5-7,10-12,15H,8-9H2,1-4H3. The van der Waals surface area contributed by atoms with E-state index in [1.165, 1.54) is 5.56 Å². The van der Waals surface area contributed by atoms with Gasteiger partial charge in [0, 0.05) is 6.04 Å². The minimum Gasteiger partial charge on any atom is -0.494 e. The van der Waals surface area contributed by atoms with E-state index < -0.39 is 0 Å². The van der Waals surface area contributed by atoms with Gasteiger partial charge in [0.1, 0.15) is 5.75 Å². The maximum Gasteiger partial charge on any atom is 0.119 e. The van der Waals surface area contributed by atoms with Gasteiger partial charge in [-0.1, -0.05) is 26.0 Å². The number of hydrogen-bond acceptors (Lipinski definition) is 2. The molecule has 90 valence electrons. The van der Waals surface area contributed by atoms with Crippen LogP contribution in [0.4, 0.5) is 0 Å². The number of benzene rings is 1. The Morgan fingerprint density at radius 1 is 1.25 bits per heavy atom. The van der Waals surface area contributed by atoms with E-state index in [0.29, 0.717) is 12.0 Å². The normalized spacial score (nSPS) is 12.8. The third-order valence-corrected chi connectivity index (χ3v) is 2.76. The predicted octanol–water partition coefficient (Wildman–Crippen LogP) is 3.39. The van der Waals surface area contributed by atoms with Gasteiger partial charge in [-0.2, -0.15) is 0 Å². The average molecular weight is 221 g/mol. The topological polar surface area (TPSA) is 21.3 Å². The van der Waals surface area contributed by atoms with Crippen molar-refractivity contribution in [3.8, 4) is 5.75 Å². The van der Waals surface area contributed by atoms with Crippen LogP contribution in [0.2, 0.25) is 0 Å². The van der Waals surface area contributed by atoms with Crippen LogP contribution >= 0.6 is 0 Å². The summed E-state index contributed by atoms with van der Waals surface area (Å²) in [6.07, 6.45) is 1.10. The second-order valence-electron chi connectivity index (χ2n) is 4.61. The van der Waals surface area contributed by atoms with E-state index in [0.717, 1.165) is 18.8 Å². The summed E-state index contributed by atoms with van der Waals surface area (Å²) < 4.78 is 5.72. The monoisotopic (exact) mass is 221 g/mol. The first-order valence-electron chi connectivity index (χ1n) is 6.03. The van der Waals surface area contributed by atoms with Crippen LogP contribution in [0.25, 0.3) is 0 Å². The number of nitrogens with one attached hydrogen (secondary N) is 1. The van der Waals surface area contributed by atoms with Crippen LogP contribution in [0.15, 0.2) is 24.3 Å². The summed E-state index contributed by atoms with van der Waals surface area (Å²) in [6, 6.07) is 8.67. The molecule has 1 N–H and O–H groups in total. The highest BCUT2D eigenvalue weighted by molar-refractivity contribution is 5.30. The summed E-state index contributed by atoms with van der Waals surface area (Å²) in [6.45, 7) is 7.37. The van der Waals surface area contributed by atoms with E-state index in [9.17, 15) is 0 Å². The first kappa shape index (κ1) is 13.0. The Balaban J connectivity index is 2.54. The van der Waals surface area contributed by atoms with Gasteiger partial charge in [-0.15, -0.1) is 0 Å². The summed E-state index contributed by atoms with van der Waals surface area (Å²) in [5.41, 5.74) is 1.27. The summed E-state index contributed by atoms with van der Waals surface area (Å²) in [5, 5.41) is 3.23. The molecule has 0 spiro atoms. The fourth-order valence-corrected chi connectivity index (χ4v) is 1.45. The van der Waals surface area contributed by atoms with Crippen molar-refractivity contribution in [2.24, 2.45) is 5.92 Å². The van der Waals surface area contributed by atoms with Crippen molar-refractivity contribution in [1.29, 1.82) is 0 Å². The highest BCUT2D eigenvalue weighted by Crippen LogP contribution is 2.19. The lowest BCUT2D eigenvalue weighted by Crippen LogP contribution is -2.12. The highest BCUT2D eigenvalue weighted by Gasteiger charge is 2.03. The molecule has 0 fully saturated rings. The maximum absolute atomic E-state index is 5.72. The molecule has 0 aromatic heterocycles. The van der Waals surface area contributed by atoms with Gasteiger partial charge in [0.25, 0.3) is 0 Å². The zero-order valence-corrected chi connectivity index (χ0v) is 10.8. The first-order valence-corrected chi connectivity index (χ1v) is 6.03. The summed E-state index contributed by atoms with van der Waals surface area (Å²) >= 11 is 0. The van der Waals surface area contributed by atoms with Gasteiger partial charge >= 0.3 is 0 Å². The van der Waals surface area contributed by atoms with Gasteiger partial charge in [0.15, 0.2) is 0 Å². The second-order valence-corrected chi connectivity index (χ2v) is 4.61. The summed E-state index contributed by atoms with van der Waals surface area (Å²) in [7, 11) is 1.97. The fraction of sp³-hybridized carbons (Fsp3) is 0.571. The Morgan fingerprint density at radius 2 is 2.00 bits per heavy atom. The van der Waals surface area contributed by atoms with Gasteiger partial charge < -0.3 is 10.1 Å². The molecule has 1 rings (SSSR count).